The number of ketones is 1. The molecule has 1 aromatic carbocycles. The molecule has 3 atom stereocenters. The normalized spacial score (nSPS) is 24.1. The molecule has 0 aromatic heterocycles. The molecule has 3 aliphatic heterocycles. The van der Waals surface area contributed by atoms with Gasteiger partial charge in [0.2, 0.25) is 5.91 Å². The molecule has 8 heteroatoms. The smallest absolute Gasteiger partial charge is 0.251 e. The number of piperidine rings is 1. The maximum atomic E-state index is 13.5. The van der Waals surface area contributed by atoms with E-state index >= 15 is 0 Å². The summed E-state index contributed by atoms with van der Waals surface area (Å²) in [7, 11) is 1.74. The third-order valence-electron chi connectivity index (χ3n) is 7.66. The largest absolute Gasteiger partial charge is 0.383 e. The Labute approximate surface area is 214 Å². The van der Waals surface area contributed by atoms with Crippen LogP contribution in [0.1, 0.15) is 68.3 Å². The predicted octanol–water partition coefficient (Wildman–Crippen LogP) is 2.62. The number of ether oxygens (including phenoxy) is 2. The summed E-state index contributed by atoms with van der Waals surface area (Å²) >= 11 is 0. The summed E-state index contributed by atoms with van der Waals surface area (Å²) in [4.78, 5) is 43.1. The number of nitrogens with one attached hydrogen (secondary N) is 1. The number of hydrogen-bond donors (Lipinski definition) is 1. The zero-order valence-electron chi connectivity index (χ0n) is 22.1. The molecule has 3 fully saturated rings. The molecule has 1 N–H and O–H groups in total. The summed E-state index contributed by atoms with van der Waals surface area (Å²) in [6.07, 6.45) is 3.12. The number of Topliss-reactive ketones (excluding diaryl/α,β-unsaturated/α-hetero) is 1. The van der Waals surface area contributed by atoms with Crippen LogP contribution in [-0.4, -0.2) is 92.1 Å². The van der Waals surface area contributed by atoms with Gasteiger partial charge < -0.3 is 24.6 Å². The molecule has 2 amide bonds. The third kappa shape index (κ3) is 6.33. The highest BCUT2D eigenvalue weighted by molar-refractivity contribution is 5.99. The highest BCUT2D eigenvalue weighted by Gasteiger charge is 2.48. The summed E-state index contributed by atoms with van der Waals surface area (Å²) in [6, 6.07) is 6.61. The Balaban J connectivity index is 1.39. The topological polar surface area (TPSA) is 88.2 Å². The summed E-state index contributed by atoms with van der Waals surface area (Å²) in [5.74, 6) is -0.0121. The lowest BCUT2D eigenvalue weighted by molar-refractivity contribution is -0.138. The average Bonchev–Trinajstić information content (AvgIpc) is 3.44. The first kappa shape index (κ1) is 26.8. The van der Waals surface area contributed by atoms with Crippen LogP contribution in [0.4, 0.5) is 0 Å². The van der Waals surface area contributed by atoms with E-state index in [1.807, 2.05) is 45.0 Å². The molecule has 198 valence electrons. The van der Waals surface area contributed by atoms with Gasteiger partial charge in [0, 0.05) is 25.8 Å². The molecule has 0 saturated carbocycles. The fourth-order valence-corrected chi connectivity index (χ4v) is 5.71. The number of carbonyl (C=O) groups is 3. The predicted molar refractivity (Wildman–Crippen MR) is 137 cm³/mol. The molecule has 1 unspecified atom stereocenters. The third-order valence-corrected chi connectivity index (χ3v) is 7.66. The molecule has 4 rings (SSSR count). The second-order valence-corrected chi connectivity index (χ2v) is 11.6. The van der Waals surface area contributed by atoms with Crippen molar-refractivity contribution < 1.29 is 23.9 Å². The van der Waals surface area contributed by atoms with E-state index in [1.165, 1.54) is 5.56 Å². The second-order valence-electron chi connectivity index (χ2n) is 11.6. The molecular weight excluding hydrogens is 458 g/mol. The molecule has 3 aliphatic rings. The minimum absolute atomic E-state index is 0.0493. The monoisotopic (exact) mass is 499 g/mol. The Kier molecular flexibility index (Phi) is 8.48. The number of carbonyl (C=O) groups excluding carboxylic acids is 3. The Morgan fingerprint density at radius 3 is 2.44 bits per heavy atom. The van der Waals surface area contributed by atoms with Gasteiger partial charge in [0.15, 0.2) is 5.78 Å². The van der Waals surface area contributed by atoms with Crippen molar-refractivity contribution in [3.05, 3.63) is 35.4 Å². The summed E-state index contributed by atoms with van der Waals surface area (Å²) in [5.41, 5.74) is 1.62. The van der Waals surface area contributed by atoms with Crippen LogP contribution in [0.15, 0.2) is 24.3 Å². The number of benzene rings is 1. The highest BCUT2D eigenvalue weighted by atomic mass is 16.5. The van der Waals surface area contributed by atoms with Gasteiger partial charge in [0.1, 0.15) is 18.7 Å². The van der Waals surface area contributed by atoms with E-state index in [0.29, 0.717) is 30.9 Å². The summed E-state index contributed by atoms with van der Waals surface area (Å²) < 4.78 is 10.7. The van der Waals surface area contributed by atoms with Crippen LogP contribution in [-0.2, 0) is 19.1 Å². The molecule has 3 heterocycles. The number of fused-ring (bicyclic) bond motifs is 1. The molecule has 36 heavy (non-hydrogen) atoms. The summed E-state index contributed by atoms with van der Waals surface area (Å²) in [5, 5.41) is 2.98. The van der Waals surface area contributed by atoms with E-state index in [1.54, 1.807) is 12.0 Å². The van der Waals surface area contributed by atoms with Crippen molar-refractivity contribution in [2.45, 2.75) is 70.6 Å². The van der Waals surface area contributed by atoms with Crippen LogP contribution in [0.3, 0.4) is 0 Å². The Morgan fingerprint density at radius 1 is 1.11 bits per heavy atom. The van der Waals surface area contributed by atoms with Crippen LogP contribution >= 0.6 is 0 Å². The second kappa shape index (κ2) is 11.4. The molecule has 0 aliphatic carbocycles. The van der Waals surface area contributed by atoms with Gasteiger partial charge in [-0.25, -0.2) is 0 Å². The fourth-order valence-electron chi connectivity index (χ4n) is 5.71. The van der Waals surface area contributed by atoms with E-state index in [-0.39, 0.29) is 35.7 Å². The lowest BCUT2D eigenvalue weighted by Gasteiger charge is -2.32. The van der Waals surface area contributed by atoms with E-state index in [4.69, 9.17) is 9.47 Å². The Morgan fingerprint density at radius 2 is 1.81 bits per heavy atom. The van der Waals surface area contributed by atoms with Crippen LogP contribution < -0.4 is 5.32 Å². The van der Waals surface area contributed by atoms with Crippen LogP contribution in [0, 0.1) is 5.41 Å². The first-order valence-electron chi connectivity index (χ1n) is 13.2. The minimum atomic E-state index is -0.694. The van der Waals surface area contributed by atoms with Gasteiger partial charge in [-0.05, 0) is 67.8 Å². The van der Waals surface area contributed by atoms with E-state index in [0.717, 1.165) is 39.1 Å². The van der Waals surface area contributed by atoms with Gasteiger partial charge in [-0.3, -0.25) is 14.4 Å². The lowest BCUT2D eigenvalue weighted by Crippen LogP contribution is -2.53. The quantitative estimate of drug-likeness (QED) is 0.592. The van der Waals surface area contributed by atoms with Crippen LogP contribution in [0.25, 0.3) is 0 Å². The molecule has 3 saturated heterocycles. The van der Waals surface area contributed by atoms with Gasteiger partial charge in [0.25, 0.3) is 5.91 Å². The van der Waals surface area contributed by atoms with Crippen molar-refractivity contribution in [2.75, 3.05) is 46.5 Å². The van der Waals surface area contributed by atoms with E-state index in [9.17, 15) is 14.4 Å². The van der Waals surface area contributed by atoms with Crippen LogP contribution in [0.2, 0.25) is 0 Å². The number of methoxy groups -OCH3 is 1. The molecule has 0 spiro atoms. The number of nitrogens with zero attached hydrogens (tertiary/aromatic N) is 2. The standard InChI is InChI=1S/C28H41N3O5/c1-28(2,3)17-22(27(34)31-14-11-24-25(31)23(32)18-36-24)29-26(33)21-7-5-19(6-8-21)20-9-12-30(13-10-20)15-16-35-4/h5-8,20,22,24-25H,9-18H2,1-4H3,(H,29,33)/t22?,24-,25-/m1/s1. The molecule has 1 aromatic rings. The van der Waals surface area contributed by atoms with Gasteiger partial charge in [-0.1, -0.05) is 32.9 Å². The fraction of sp³-hybridized carbons (Fsp3) is 0.679. The van der Waals surface area contributed by atoms with Gasteiger partial charge >= 0.3 is 0 Å². The maximum Gasteiger partial charge on any atom is 0.251 e. The SMILES string of the molecule is COCCN1CCC(c2ccc(C(=O)NC(CC(C)(C)C)C(=O)N3CC[C@H]4OCC(=O)[C@H]43)cc2)CC1. The van der Waals surface area contributed by atoms with Crippen molar-refractivity contribution in [1.29, 1.82) is 0 Å². The highest BCUT2D eigenvalue weighted by Crippen LogP contribution is 2.30. The van der Waals surface area contributed by atoms with Crippen molar-refractivity contribution in [2.24, 2.45) is 5.41 Å². The molecule has 8 nitrogen and oxygen atoms in total. The Bertz CT molecular complexity index is 933. The van der Waals surface area contributed by atoms with Gasteiger partial charge in [-0.2, -0.15) is 0 Å². The van der Waals surface area contributed by atoms with Gasteiger partial charge in [0.05, 0.1) is 12.7 Å². The lowest BCUT2D eigenvalue weighted by atomic mass is 9.87. The maximum absolute atomic E-state index is 13.5. The minimum Gasteiger partial charge on any atom is -0.383 e. The number of hydrogen-bond acceptors (Lipinski definition) is 6. The molecule has 0 radical (unpaired) electrons. The van der Waals surface area contributed by atoms with E-state index < -0.39 is 12.1 Å². The van der Waals surface area contributed by atoms with Crippen molar-refractivity contribution in [3.63, 3.8) is 0 Å². The molecular formula is C28H41N3O5. The zero-order chi connectivity index (χ0) is 25.9. The molecule has 0 bridgehead atoms. The van der Waals surface area contributed by atoms with Crippen molar-refractivity contribution >= 4 is 17.6 Å². The number of amides is 2. The van der Waals surface area contributed by atoms with Crippen LogP contribution in [0.5, 0.6) is 0 Å². The zero-order valence-corrected chi connectivity index (χ0v) is 22.1. The average molecular weight is 500 g/mol. The number of rotatable bonds is 8. The van der Waals surface area contributed by atoms with Crippen molar-refractivity contribution in [1.82, 2.24) is 15.1 Å². The van der Waals surface area contributed by atoms with Gasteiger partial charge in [-0.15, -0.1) is 0 Å². The van der Waals surface area contributed by atoms with E-state index in [2.05, 4.69) is 10.2 Å². The first-order valence-corrected chi connectivity index (χ1v) is 13.2. The first-order chi connectivity index (χ1) is 17.2. The number of likely N-dealkylation sites (tertiary alicyclic amines) is 2. The van der Waals surface area contributed by atoms with Crippen molar-refractivity contribution in [3.8, 4) is 0 Å². The summed E-state index contributed by atoms with van der Waals surface area (Å²) in [6.45, 7) is 10.5. The Hall–Kier alpha value is -2.29.